The standard InChI is InChI=1S/C12H25NO/c1-10(14)7-9-13-8-5-6-11(13)12(2,3)4/h10-11,14H,5-9H2,1-4H3. The molecular formula is C12H25NO. The molecule has 0 bridgehead atoms. The van der Waals surface area contributed by atoms with Crippen LogP contribution in [0.15, 0.2) is 0 Å². The molecule has 1 rings (SSSR count). The molecule has 0 aromatic heterocycles. The van der Waals surface area contributed by atoms with E-state index in [-0.39, 0.29) is 6.10 Å². The third-order valence-electron chi connectivity index (χ3n) is 3.20. The summed E-state index contributed by atoms with van der Waals surface area (Å²) >= 11 is 0. The Morgan fingerprint density at radius 2 is 2.07 bits per heavy atom. The first kappa shape index (κ1) is 12.0. The SMILES string of the molecule is CC(O)CCN1CCCC1C(C)(C)C. The van der Waals surface area contributed by atoms with Gasteiger partial charge in [0.2, 0.25) is 0 Å². The molecule has 1 saturated heterocycles. The Bertz CT molecular complexity index is 172. The van der Waals surface area contributed by atoms with E-state index in [4.69, 9.17) is 0 Å². The van der Waals surface area contributed by atoms with Crippen LogP contribution in [0.5, 0.6) is 0 Å². The van der Waals surface area contributed by atoms with Crippen LogP contribution in [0.1, 0.15) is 47.0 Å². The second kappa shape index (κ2) is 4.63. The first-order valence-electron chi connectivity index (χ1n) is 5.83. The molecule has 2 nitrogen and oxygen atoms in total. The van der Waals surface area contributed by atoms with E-state index in [2.05, 4.69) is 25.7 Å². The van der Waals surface area contributed by atoms with Gasteiger partial charge in [0.05, 0.1) is 6.10 Å². The van der Waals surface area contributed by atoms with E-state index in [1.54, 1.807) is 0 Å². The third-order valence-corrected chi connectivity index (χ3v) is 3.20. The van der Waals surface area contributed by atoms with Crippen molar-refractivity contribution in [1.82, 2.24) is 4.90 Å². The average molecular weight is 199 g/mol. The fourth-order valence-electron chi connectivity index (χ4n) is 2.43. The molecule has 1 fully saturated rings. The Balaban J connectivity index is 2.43. The average Bonchev–Trinajstić information content (AvgIpc) is 2.46. The summed E-state index contributed by atoms with van der Waals surface area (Å²) in [5.74, 6) is 0. The summed E-state index contributed by atoms with van der Waals surface area (Å²) in [6.45, 7) is 11.1. The quantitative estimate of drug-likeness (QED) is 0.753. The van der Waals surface area contributed by atoms with Gasteiger partial charge in [-0.25, -0.2) is 0 Å². The number of likely N-dealkylation sites (tertiary alicyclic amines) is 1. The molecule has 2 atom stereocenters. The molecule has 14 heavy (non-hydrogen) atoms. The highest BCUT2D eigenvalue weighted by atomic mass is 16.3. The number of nitrogens with zero attached hydrogens (tertiary/aromatic N) is 1. The van der Waals surface area contributed by atoms with Gasteiger partial charge in [0, 0.05) is 12.6 Å². The van der Waals surface area contributed by atoms with Gasteiger partial charge in [-0.3, -0.25) is 4.90 Å². The molecule has 1 aliphatic heterocycles. The largest absolute Gasteiger partial charge is 0.393 e. The molecule has 0 saturated carbocycles. The van der Waals surface area contributed by atoms with Gasteiger partial charge in [-0.05, 0) is 38.1 Å². The third kappa shape index (κ3) is 3.25. The van der Waals surface area contributed by atoms with Crippen molar-refractivity contribution >= 4 is 0 Å². The lowest BCUT2D eigenvalue weighted by molar-refractivity contribution is 0.110. The van der Waals surface area contributed by atoms with Crippen LogP contribution in [0.2, 0.25) is 0 Å². The van der Waals surface area contributed by atoms with Gasteiger partial charge in [0.1, 0.15) is 0 Å². The fraction of sp³-hybridized carbons (Fsp3) is 1.00. The van der Waals surface area contributed by atoms with E-state index in [9.17, 15) is 5.11 Å². The summed E-state index contributed by atoms with van der Waals surface area (Å²) in [7, 11) is 0. The lowest BCUT2D eigenvalue weighted by Crippen LogP contribution is -2.40. The summed E-state index contributed by atoms with van der Waals surface area (Å²) in [6.07, 6.45) is 3.40. The summed E-state index contributed by atoms with van der Waals surface area (Å²) < 4.78 is 0. The summed E-state index contributed by atoms with van der Waals surface area (Å²) in [5, 5.41) is 9.28. The van der Waals surface area contributed by atoms with Gasteiger partial charge in [0.15, 0.2) is 0 Å². The van der Waals surface area contributed by atoms with Crippen molar-refractivity contribution in [2.24, 2.45) is 5.41 Å². The van der Waals surface area contributed by atoms with Crippen molar-refractivity contribution in [1.29, 1.82) is 0 Å². The Kier molecular flexibility index (Phi) is 3.96. The molecule has 1 N–H and O–H groups in total. The predicted molar refractivity (Wildman–Crippen MR) is 60.3 cm³/mol. The Hall–Kier alpha value is -0.0800. The lowest BCUT2D eigenvalue weighted by atomic mass is 9.85. The van der Waals surface area contributed by atoms with Crippen LogP contribution >= 0.6 is 0 Å². The molecule has 2 unspecified atom stereocenters. The zero-order valence-corrected chi connectivity index (χ0v) is 10.1. The van der Waals surface area contributed by atoms with E-state index in [1.807, 2.05) is 6.92 Å². The molecule has 2 heteroatoms. The van der Waals surface area contributed by atoms with Gasteiger partial charge < -0.3 is 5.11 Å². The highest BCUT2D eigenvalue weighted by Crippen LogP contribution is 2.32. The van der Waals surface area contributed by atoms with E-state index in [1.165, 1.54) is 19.4 Å². The first-order valence-corrected chi connectivity index (χ1v) is 5.83. The van der Waals surface area contributed by atoms with Gasteiger partial charge in [0.25, 0.3) is 0 Å². The minimum atomic E-state index is -0.156. The number of hydrogen-bond donors (Lipinski definition) is 1. The maximum absolute atomic E-state index is 9.28. The second-order valence-electron chi connectivity index (χ2n) is 5.70. The molecule has 0 aromatic rings. The zero-order valence-electron chi connectivity index (χ0n) is 10.1. The number of hydrogen-bond acceptors (Lipinski definition) is 2. The molecule has 0 aliphatic carbocycles. The zero-order chi connectivity index (χ0) is 10.8. The van der Waals surface area contributed by atoms with Crippen LogP contribution in [0.25, 0.3) is 0 Å². The molecule has 0 spiro atoms. The smallest absolute Gasteiger partial charge is 0.0524 e. The van der Waals surface area contributed by atoms with Crippen LogP contribution in [-0.4, -0.2) is 35.2 Å². The highest BCUT2D eigenvalue weighted by molar-refractivity contribution is 4.88. The summed E-state index contributed by atoms with van der Waals surface area (Å²) in [6, 6.07) is 0.709. The first-order chi connectivity index (χ1) is 6.41. The molecule has 1 heterocycles. The number of aliphatic hydroxyl groups is 1. The normalized spacial score (nSPS) is 26.8. The molecule has 0 aromatic carbocycles. The van der Waals surface area contributed by atoms with Crippen molar-refractivity contribution < 1.29 is 5.11 Å². The predicted octanol–water partition coefficient (Wildman–Crippen LogP) is 2.27. The van der Waals surface area contributed by atoms with Crippen molar-refractivity contribution in [3.05, 3.63) is 0 Å². The second-order valence-corrected chi connectivity index (χ2v) is 5.70. The Labute approximate surface area is 88.3 Å². The van der Waals surface area contributed by atoms with Crippen LogP contribution < -0.4 is 0 Å². The Morgan fingerprint density at radius 3 is 2.57 bits per heavy atom. The molecule has 0 amide bonds. The van der Waals surface area contributed by atoms with Crippen LogP contribution in [-0.2, 0) is 0 Å². The van der Waals surface area contributed by atoms with Gasteiger partial charge >= 0.3 is 0 Å². The van der Waals surface area contributed by atoms with E-state index in [0.29, 0.717) is 11.5 Å². The van der Waals surface area contributed by atoms with Gasteiger partial charge in [-0.15, -0.1) is 0 Å². The number of aliphatic hydroxyl groups excluding tert-OH is 1. The van der Waals surface area contributed by atoms with Crippen molar-refractivity contribution in [3.63, 3.8) is 0 Å². The molecule has 0 radical (unpaired) electrons. The van der Waals surface area contributed by atoms with Crippen LogP contribution in [0, 0.1) is 5.41 Å². The summed E-state index contributed by atoms with van der Waals surface area (Å²) in [4.78, 5) is 2.55. The van der Waals surface area contributed by atoms with Gasteiger partial charge in [-0.2, -0.15) is 0 Å². The number of rotatable bonds is 3. The van der Waals surface area contributed by atoms with Crippen molar-refractivity contribution in [2.45, 2.75) is 59.1 Å². The Morgan fingerprint density at radius 1 is 1.43 bits per heavy atom. The van der Waals surface area contributed by atoms with E-state index >= 15 is 0 Å². The maximum Gasteiger partial charge on any atom is 0.0524 e. The van der Waals surface area contributed by atoms with Crippen LogP contribution in [0.3, 0.4) is 0 Å². The van der Waals surface area contributed by atoms with Crippen molar-refractivity contribution in [2.75, 3.05) is 13.1 Å². The lowest BCUT2D eigenvalue weighted by Gasteiger charge is -2.35. The molecule has 84 valence electrons. The molecule has 1 aliphatic rings. The monoisotopic (exact) mass is 199 g/mol. The van der Waals surface area contributed by atoms with Gasteiger partial charge in [-0.1, -0.05) is 20.8 Å². The summed E-state index contributed by atoms with van der Waals surface area (Å²) in [5.41, 5.74) is 0.384. The maximum atomic E-state index is 9.28. The van der Waals surface area contributed by atoms with Crippen LogP contribution in [0.4, 0.5) is 0 Å². The minimum Gasteiger partial charge on any atom is -0.393 e. The molecular weight excluding hydrogens is 174 g/mol. The highest BCUT2D eigenvalue weighted by Gasteiger charge is 2.33. The van der Waals surface area contributed by atoms with E-state index < -0.39 is 0 Å². The topological polar surface area (TPSA) is 23.5 Å². The fourth-order valence-corrected chi connectivity index (χ4v) is 2.43. The van der Waals surface area contributed by atoms with E-state index in [0.717, 1.165) is 13.0 Å². The van der Waals surface area contributed by atoms with Crippen molar-refractivity contribution in [3.8, 4) is 0 Å². The minimum absolute atomic E-state index is 0.156.